The fourth-order valence-electron chi connectivity index (χ4n) is 1.56. The van der Waals surface area contributed by atoms with E-state index in [0.29, 0.717) is 12.4 Å². The molecule has 1 heterocycles. The van der Waals surface area contributed by atoms with Crippen molar-refractivity contribution < 1.29 is 14.6 Å². The lowest BCUT2D eigenvalue weighted by atomic mass is 10.2. The van der Waals surface area contributed by atoms with Gasteiger partial charge >= 0.3 is 5.97 Å². The summed E-state index contributed by atoms with van der Waals surface area (Å²) in [5.41, 5.74) is 1.79. The summed E-state index contributed by atoms with van der Waals surface area (Å²) in [5, 5.41) is 11.8. The number of carbonyl (C=O) groups is 1. The van der Waals surface area contributed by atoms with Crippen LogP contribution in [0.5, 0.6) is 0 Å². The van der Waals surface area contributed by atoms with Crippen LogP contribution in [0.2, 0.25) is 0 Å². The van der Waals surface area contributed by atoms with Crippen molar-refractivity contribution in [3.63, 3.8) is 0 Å². The number of methoxy groups -OCH3 is 1. The number of hydrogen-bond donors (Lipinski definition) is 2. The quantitative estimate of drug-likeness (QED) is 0.855. The number of carboxylic acid groups (broad SMARTS) is 1. The zero-order valence-electron chi connectivity index (χ0n) is 10.3. The summed E-state index contributed by atoms with van der Waals surface area (Å²) in [7, 11) is 1.64. The summed E-state index contributed by atoms with van der Waals surface area (Å²) < 4.78 is 5.05. The molecule has 2 aromatic rings. The second kappa shape index (κ2) is 5.92. The van der Waals surface area contributed by atoms with E-state index in [1.807, 2.05) is 24.3 Å². The zero-order valence-corrected chi connectivity index (χ0v) is 10.3. The Labute approximate surface area is 110 Å². The van der Waals surface area contributed by atoms with Crippen LogP contribution in [0.15, 0.2) is 36.7 Å². The molecule has 2 rings (SSSR count). The number of aromatic carboxylic acids is 1. The molecule has 19 heavy (non-hydrogen) atoms. The molecule has 0 saturated carbocycles. The van der Waals surface area contributed by atoms with Crippen LogP contribution in [0.4, 0.5) is 11.5 Å². The molecule has 0 radical (unpaired) electrons. The summed E-state index contributed by atoms with van der Waals surface area (Å²) in [6.45, 7) is 0.527. The van der Waals surface area contributed by atoms with E-state index >= 15 is 0 Å². The molecule has 98 valence electrons. The van der Waals surface area contributed by atoms with Crippen LogP contribution in [0.1, 0.15) is 16.1 Å². The highest BCUT2D eigenvalue weighted by atomic mass is 16.5. The molecule has 6 nitrogen and oxygen atoms in total. The van der Waals surface area contributed by atoms with Crippen molar-refractivity contribution in [1.82, 2.24) is 9.97 Å². The predicted octanol–water partition coefficient (Wildman–Crippen LogP) is 2.06. The molecule has 0 amide bonds. The maximum absolute atomic E-state index is 10.7. The lowest BCUT2D eigenvalue weighted by Gasteiger charge is -2.07. The first kappa shape index (κ1) is 13.0. The topological polar surface area (TPSA) is 84.3 Å². The maximum Gasteiger partial charge on any atom is 0.356 e. The number of nitrogens with one attached hydrogen (secondary N) is 1. The van der Waals surface area contributed by atoms with Crippen molar-refractivity contribution in [2.45, 2.75) is 6.61 Å². The molecule has 0 aliphatic carbocycles. The molecular formula is C13H13N3O3. The smallest absolute Gasteiger partial charge is 0.356 e. The van der Waals surface area contributed by atoms with Crippen LogP contribution in [0, 0.1) is 0 Å². The average Bonchev–Trinajstić information content (AvgIpc) is 2.40. The van der Waals surface area contributed by atoms with Crippen LogP contribution in [0.25, 0.3) is 0 Å². The van der Waals surface area contributed by atoms with E-state index in [0.717, 1.165) is 11.3 Å². The third-order valence-electron chi connectivity index (χ3n) is 2.38. The van der Waals surface area contributed by atoms with Gasteiger partial charge in [-0.05, 0) is 17.7 Å². The van der Waals surface area contributed by atoms with E-state index in [-0.39, 0.29) is 5.69 Å². The number of aromatic nitrogens is 2. The molecule has 0 aliphatic heterocycles. The van der Waals surface area contributed by atoms with Gasteiger partial charge in [0.2, 0.25) is 0 Å². The van der Waals surface area contributed by atoms with Crippen LogP contribution in [-0.2, 0) is 11.3 Å². The molecular weight excluding hydrogens is 246 g/mol. The van der Waals surface area contributed by atoms with E-state index in [9.17, 15) is 4.79 Å². The van der Waals surface area contributed by atoms with Crippen LogP contribution >= 0.6 is 0 Å². The van der Waals surface area contributed by atoms with Crippen molar-refractivity contribution >= 4 is 17.5 Å². The third kappa shape index (κ3) is 3.49. The summed E-state index contributed by atoms with van der Waals surface area (Å²) in [5.74, 6) is -0.610. The SMILES string of the molecule is COCc1cccc(Nc2cnc(C(=O)O)cn2)c1. The Balaban J connectivity index is 2.12. The van der Waals surface area contributed by atoms with Crippen molar-refractivity contribution in [3.8, 4) is 0 Å². The largest absolute Gasteiger partial charge is 0.476 e. The summed E-state index contributed by atoms with van der Waals surface area (Å²) in [4.78, 5) is 18.4. The lowest BCUT2D eigenvalue weighted by molar-refractivity contribution is 0.0690. The Morgan fingerprint density at radius 2 is 2.21 bits per heavy atom. The van der Waals surface area contributed by atoms with Crippen molar-refractivity contribution in [1.29, 1.82) is 0 Å². The second-order valence-electron chi connectivity index (χ2n) is 3.85. The van der Waals surface area contributed by atoms with Gasteiger partial charge in [-0.15, -0.1) is 0 Å². The minimum atomic E-state index is -1.10. The fraction of sp³-hybridized carbons (Fsp3) is 0.154. The van der Waals surface area contributed by atoms with E-state index in [4.69, 9.17) is 9.84 Å². The van der Waals surface area contributed by atoms with E-state index in [2.05, 4.69) is 15.3 Å². The first-order chi connectivity index (χ1) is 9.19. The maximum atomic E-state index is 10.7. The van der Waals surface area contributed by atoms with Gasteiger partial charge < -0.3 is 15.2 Å². The van der Waals surface area contributed by atoms with Gasteiger partial charge in [0, 0.05) is 12.8 Å². The number of benzene rings is 1. The van der Waals surface area contributed by atoms with Crippen molar-refractivity contribution in [3.05, 3.63) is 47.9 Å². The number of hydrogen-bond acceptors (Lipinski definition) is 5. The van der Waals surface area contributed by atoms with Gasteiger partial charge in [-0.25, -0.2) is 14.8 Å². The van der Waals surface area contributed by atoms with Crippen molar-refractivity contribution in [2.24, 2.45) is 0 Å². The average molecular weight is 259 g/mol. The number of rotatable bonds is 5. The van der Waals surface area contributed by atoms with E-state index < -0.39 is 5.97 Å². The minimum absolute atomic E-state index is 0.0846. The fourth-order valence-corrected chi connectivity index (χ4v) is 1.56. The van der Waals surface area contributed by atoms with E-state index in [1.54, 1.807) is 7.11 Å². The van der Waals surface area contributed by atoms with Crippen LogP contribution < -0.4 is 5.32 Å². The lowest BCUT2D eigenvalue weighted by Crippen LogP contribution is -2.02. The highest BCUT2D eigenvalue weighted by Gasteiger charge is 2.05. The van der Waals surface area contributed by atoms with Gasteiger partial charge in [-0.2, -0.15) is 0 Å². The predicted molar refractivity (Wildman–Crippen MR) is 69.4 cm³/mol. The molecule has 6 heteroatoms. The Kier molecular flexibility index (Phi) is 4.04. The standard InChI is InChI=1S/C13H13N3O3/c1-19-8-9-3-2-4-10(5-9)16-12-7-14-11(6-15-12)13(17)18/h2-7H,8H2,1H3,(H,15,16)(H,17,18). The highest BCUT2D eigenvalue weighted by molar-refractivity contribution is 5.85. The molecule has 2 N–H and O–H groups in total. The molecule has 0 spiro atoms. The van der Waals surface area contributed by atoms with Gasteiger partial charge in [0.15, 0.2) is 5.69 Å². The zero-order chi connectivity index (χ0) is 13.7. The van der Waals surface area contributed by atoms with Crippen LogP contribution in [-0.4, -0.2) is 28.2 Å². The van der Waals surface area contributed by atoms with Gasteiger partial charge in [0.1, 0.15) is 5.82 Å². The Bertz CT molecular complexity index is 570. The number of ether oxygens (including phenoxy) is 1. The number of carboxylic acids is 1. The molecule has 1 aromatic carbocycles. The molecule has 0 unspecified atom stereocenters. The highest BCUT2D eigenvalue weighted by Crippen LogP contribution is 2.15. The Morgan fingerprint density at radius 1 is 1.37 bits per heavy atom. The summed E-state index contributed by atoms with van der Waals surface area (Å²) in [6.07, 6.45) is 2.59. The second-order valence-corrected chi connectivity index (χ2v) is 3.85. The molecule has 0 atom stereocenters. The molecule has 0 bridgehead atoms. The van der Waals surface area contributed by atoms with Crippen molar-refractivity contribution in [2.75, 3.05) is 12.4 Å². The van der Waals surface area contributed by atoms with E-state index in [1.165, 1.54) is 12.4 Å². The first-order valence-corrected chi connectivity index (χ1v) is 5.59. The van der Waals surface area contributed by atoms with Gasteiger partial charge in [-0.3, -0.25) is 0 Å². The number of nitrogens with zero attached hydrogens (tertiary/aromatic N) is 2. The number of anilines is 2. The van der Waals surface area contributed by atoms with Gasteiger partial charge in [0.05, 0.1) is 19.0 Å². The van der Waals surface area contributed by atoms with Gasteiger partial charge in [-0.1, -0.05) is 12.1 Å². The Hall–Kier alpha value is -2.47. The molecule has 0 aliphatic rings. The van der Waals surface area contributed by atoms with Crippen LogP contribution in [0.3, 0.4) is 0 Å². The first-order valence-electron chi connectivity index (χ1n) is 5.59. The molecule has 1 aromatic heterocycles. The summed E-state index contributed by atoms with van der Waals surface area (Å²) in [6, 6.07) is 7.66. The molecule has 0 saturated heterocycles. The Morgan fingerprint density at radius 3 is 2.84 bits per heavy atom. The normalized spacial score (nSPS) is 10.2. The van der Waals surface area contributed by atoms with Gasteiger partial charge in [0.25, 0.3) is 0 Å². The monoisotopic (exact) mass is 259 g/mol. The third-order valence-corrected chi connectivity index (χ3v) is 2.38. The molecule has 0 fully saturated rings. The minimum Gasteiger partial charge on any atom is -0.476 e. The summed E-state index contributed by atoms with van der Waals surface area (Å²) >= 11 is 0.